The van der Waals surface area contributed by atoms with E-state index < -0.39 is 5.97 Å². The van der Waals surface area contributed by atoms with E-state index in [1.54, 1.807) is 43.3 Å². The van der Waals surface area contributed by atoms with Crippen molar-refractivity contribution in [2.45, 2.75) is 20.5 Å². The van der Waals surface area contributed by atoms with Crippen LogP contribution in [-0.4, -0.2) is 29.3 Å². The lowest BCUT2D eigenvalue weighted by Crippen LogP contribution is -2.21. The standard InChI is InChI=1S/C27H23ClN2O5/c1-3-34-24-15-19(13-22-17(2)29-30(26(22)31)21-10-5-4-6-11-21)14-23(28)25(24)35-16-18-8-7-9-20(12-18)27(32)33/h4-15H,3,16H2,1-2H3,(H,32,33)/b22-13+. The smallest absolute Gasteiger partial charge is 0.335 e. The summed E-state index contributed by atoms with van der Waals surface area (Å²) in [5, 5.41) is 15.3. The van der Waals surface area contributed by atoms with E-state index in [2.05, 4.69) is 5.10 Å². The number of halogens is 1. The van der Waals surface area contributed by atoms with Gasteiger partial charge >= 0.3 is 5.97 Å². The first kappa shape index (κ1) is 24.0. The SMILES string of the molecule is CCOc1cc(/C=C2/C(=O)N(c3ccccc3)N=C2C)cc(Cl)c1OCc1cccc(C(=O)O)c1. The van der Waals surface area contributed by atoms with E-state index in [9.17, 15) is 14.7 Å². The van der Waals surface area contributed by atoms with Gasteiger partial charge in [0, 0.05) is 0 Å². The highest BCUT2D eigenvalue weighted by molar-refractivity contribution is 6.33. The molecule has 7 nitrogen and oxygen atoms in total. The Kier molecular flexibility index (Phi) is 7.17. The van der Waals surface area contributed by atoms with Crippen LogP contribution in [0.4, 0.5) is 5.69 Å². The van der Waals surface area contributed by atoms with Crippen LogP contribution in [0.15, 0.2) is 77.4 Å². The van der Waals surface area contributed by atoms with Gasteiger partial charge in [-0.3, -0.25) is 4.79 Å². The van der Waals surface area contributed by atoms with E-state index in [0.717, 1.165) is 0 Å². The van der Waals surface area contributed by atoms with E-state index in [1.807, 2.05) is 37.3 Å². The third kappa shape index (κ3) is 5.36. The number of hydrogen-bond donors (Lipinski definition) is 1. The molecule has 0 aromatic heterocycles. The Morgan fingerprint density at radius 3 is 2.57 bits per heavy atom. The summed E-state index contributed by atoms with van der Waals surface area (Å²) in [6.45, 7) is 4.11. The number of carboxylic acid groups (broad SMARTS) is 1. The van der Waals surface area contributed by atoms with Gasteiger partial charge in [-0.2, -0.15) is 10.1 Å². The average molecular weight is 491 g/mol. The molecule has 3 aromatic carbocycles. The van der Waals surface area contributed by atoms with Crippen molar-refractivity contribution in [1.82, 2.24) is 0 Å². The van der Waals surface area contributed by atoms with Crippen molar-refractivity contribution < 1.29 is 24.2 Å². The van der Waals surface area contributed by atoms with E-state index in [4.69, 9.17) is 21.1 Å². The van der Waals surface area contributed by atoms with Crippen molar-refractivity contribution in [1.29, 1.82) is 0 Å². The van der Waals surface area contributed by atoms with Gasteiger partial charge < -0.3 is 14.6 Å². The monoisotopic (exact) mass is 490 g/mol. The van der Waals surface area contributed by atoms with Crippen LogP contribution in [0.3, 0.4) is 0 Å². The third-order valence-electron chi connectivity index (χ3n) is 5.26. The Labute approximate surface area is 207 Å². The zero-order valence-corrected chi connectivity index (χ0v) is 20.0. The van der Waals surface area contributed by atoms with Crippen LogP contribution in [0.1, 0.15) is 35.3 Å². The summed E-state index contributed by atoms with van der Waals surface area (Å²) in [5.41, 5.74) is 3.24. The molecule has 0 bridgehead atoms. The molecule has 1 aliphatic heterocycles. The lowest BCUT2D eigenvalue weighted by Gasteiger charge is -2.15. The first-order chi connectivity index (χ1) is 16.9. The van der Waals surface area contributed by atoms with Gasteiger partial charge in [0.05, 0.1) is 34.2 Å². The van der Waals surface area contributed by atoms with Gasteiger partial charge in [-0.25, -0.2) is 4.79 Å². The fourth-order valence-corrected chi connectivity index (χ4v) is 3.89. The number of hydrogen-bond acceptors (Lipinski definition) is 5. The summed E-state index contributed by atoms with van der Waals surface area (Å²) in [5.74, 6) is -0.489. The molecule has 3 aromatic rings. The van der Waals surface area contributed by atoms with Gasteiger partial charge in [0.15, 0.2) is 11.5 Å². The first-order valence-corrected chi connectivity index (χ1v) is 11.3. The molecule has 178 valence electrons. The quantitative estimate of drug-likeness (QED) is 0.402. The normalized spacial score (nSPS) is 14.3. The summed E-state index contributed by atoms with van der Waals surface area (Å²) < 4.78 is 11.7. The van der Waals surface area contributed by atoms with Crippen molar-refractivity contribution >= 4 is 41.0 Å². The maximum atomic E-state index is 13.0. The largest absolute Gasteiger partial charge is 0.490 e. The minimum absolute atomic E-state index is 0.109. The third-order valence-corrected chi connectivity index (χ3v) is 5.54. The number of nitrogens with zero attached hydrogens (tertiary/aromatic N) is 2. The minimum atomic E-state index is -1.01. The number of hydrazone groups is 1. The van der Waals surface area contributed by atoms with Crippen LogP contribution in [0.25, 0.3) is 6.08 Å². The van der Waals surface area contributed by atoms with Crippen LogP contribution in [0.2, 0.25) is 5.02 Å². The predicted octanol–water partition coefficient (Wildman–Crippen LogP) is 5.82. The molecule has 0 unspecified atom stereocenters. The summed E-state index contributed by atoms with van der Waals surface area (Å²) in [6.07, 6.45) is 1.72. The number of aromatic carboxylic acids is 1. The molecular formula is C27H23ClN2O5. The Morgan fingerprint density at radius 2 is 1.86 bits per heavy atom. The Morgan fingerprint density at radius 1 is 1.09 bits per heavy atom. The average Bonchev–Trinajstić information content (AvgIpc) is 3.13. The minimum Gasteiger partial charge on any atom is -0.490 e. The van der Waals surface area contributed by atoms with Gasteiger partial charge in [0.25, 0.3) is 5.91 Å². The maximum absolute atomic E-state index is 13.0. The van der Waals surface area contributed by atoms with Crippen molar-refractivity contribution in [3.63, 3.8) is 0 Å². The second-order valence-corrected chi connectivity index (χ2v) is 8.16. The molecule has 0 saturated carbocycles. The number of rotatable bonds is 8. The Balaban J connectivity index is 1.60. The molecule has 0 radical (unpaired) electrons. The molecule has 1 amide bonds. The van der Waals surface area contributed by atoms with E-state index >= 15 is 0 Å². The van der Waals surface area contributed by atoms with Crippen LogP contribution >= 0.6 is 11.6 Å². The highest BCUT2D eigenvalue weighted by atomic mass is 35.5. The number of carbonyl (C=O) groups is 2. The van der Waals surface area contributed by atoms with Crippen LogP contribution in [-0.2, 0) is 11.4 Å². The number of benzene rings is 3. The molecule has 0 aliphatic carbocycles. The molecule has 1 aliphatic rings. The van der Waals surface area contributed by atoms with Crippen molar-refractivity contribution in [3.05, 3.63) is 94.0 Å². The molecule has 35 heavy (non-hydrogen) atoms. The highest BCUT2D eigenvalue weighted by Gasteiger charge is 2.28. The van der Waals surface area contributed by atoms with E-state index in [0.29, 0.717) is 51.2 Å². The summed E-state index contributed by atoms with van der Waals surface area (Å²) in [4.78, 5) is 24.3. The fraction of sp³-hybridized carbons (Fsp3) is 0.148. The number of anilines is 1. The lowest BCUT2D eigenvalue weighted by molar-refractivity contribution is -0.114. The molecule has 0 atom stereocenters. The molecule has 0 spiro atoms. The van der Waals surface area contributed by atoms with E-state index in [1.165, 1.54) is 11.1 Å². The van der Waals surface area contributed by atoms with Crippen molar-refractivity contribution in [2.75, 3.05) is 11.6 Å². The Bertz CT molecular complexity index is 1330. The molecule has 8 heteroatoms. The van der Waals surface area contributed by atoms with Crippen molar-refractivity contribution in [3.8, 4) is 11.5 Å². The number of carbonyl (C=O) groups excluding carboxylic acids is 1. The number of ether oxygens (including phenoxy) is 2. The zero-order chi connectivity index (χ0) is 24.9. The molecule has 4 rings (SSSR count). The molecule has 1 heterocycles. The van der Waals surface area contributed by atoms with Gasteiger partial charge in [0.2, 0.25) is 0 Å². The predicted molar refractivity (Wildman–Crippen MR) is 135 cm³/mol. The fourth-order valence-electron chi connectivity index (χ4n) is 3.62. The van der Waals surface area contributed by atoms with E-state index in [-0.39, 0.29) is 18.1 Å². The molecule has 0 fully saturated rings. The maximum Gasteiger partial charge on any atom is 0.335 e. The highest BCUT2D eigenvalue weighted by Crippen LogP contribution is 2.38. The van der Waals surface area contributed by atoms with Gasteiger partial charge in [-0.05, 0) is 67.4 Å². The van der Waals surface area contributed by atoms with Gasteiger partial charge in [0.1, 0.15) is 6.61 Å². The van der Waals surface area contributed by atoms with Crippen LogP contribution in [0.5, 0.6) is 11.5 Å². The zero-order valence-electron chi connectivity index (χ0n) is 19.2. The number of amides is 1. The first-order valence-electron chi connectivity index (χ1n) is 11.0. The second-order valence-electron chi connectivity index (χ2n) is 7.75. The molecular weight excluding hydrogens is 468 g/mol. The summed E-state index contributed by atoms with van der Waals surface area (Å²) >= 11 is 6.55. The second kappa shape index (κ2) is 10.4. The summed E-state index contributed by atoms with van der Waals surface area (Å²) in [7, 11) is 0. The molecule has 1 N–H and O–H groups in total. The number of para-hydroxylation sites is 1. The Hall–Kier alpha value is -4.10. The van der Waals surface area contributed by atoms with Crippen molar-refractivity contribution in [2.24, 2.45) is 5.10 Å². The number of carboxylic acids is 1. The van der Waals surface area contributed by atoms with Gasteiger partial charge in [-0.15, -0.1) is 0 Å². The topological polar surface area (TPSA) is 88.4 Å². The molecule has 0 saturated heterocycles. The van der Waals surface area contributed by atoms with Crippen LogP contribution < -0.4 is 14.5 Å². The van der Waals surface area contributed by atoms with Gasteiger partial charge in [-0.1, -0.05) is 41.9 Å². The van der Waals surface area contributed by atoms with Crippen LogP contribution in [0, 0.1) is 0 Å². The summed E-state index contributed by atoms with van der Waals surface area (Å²) in [6, 6.07) is 19.1. The lowest BCUT2D eigenvalue weighted by atomic mass is 10.1.